The van der Waals surface area contributed by atoms with E-state index in [1.165, 1.54) is 16.7 Å². The molecule has 0 bridgehead atoms. The van der Waals surface area contributed by atoms with Crippen molar-refractivity contribution in [2.45, 2.75) is 45.7 Å². The van der Waals surface area contributed by atoms with Crippen LogP contribution >= 0.6 is 11.3 Å². The predicted octanol–water partition coefficient (Wildman–Crippen LogP) is 3.30. The van der Waals surface area contributed by atoms with Crippen molar-refractivity contribution in [3.63, 3.8) is 0 Å². The number of guanidine groups is 1. The van der Waals surface area contributed by atoms with Gasteiger partial charge in [-0.15, -0.1) is 0 Å². The molecule has 0 radical (unpaired) electrons. The Morgan fingerprint density at radius 2 is 2.16 bits per heavy atom. The lowest BCUT2D eigenvalue weighted by Crippen LogP contribution is -2.40. The van der Waals surface area contributed by atoms with Crippen LogP contribution in [0.15, 0.2) is 46.1 Å². The van der Waals surface area contributed by atoms with E-state index in [-0.39, 0.29) is 11.8 Å². The summed E-state index contributed by atoms with van der Waals surface area (Å²) in [6.45, 7) is 9.23. The first kappa shape index (κ1) is 23.3. The standard InChI is InChI=1S/C24H35N5OS/c1-3-26-24(27-13-18(2)22-9-11-31-17-22)28-14-19-6-4-7-20(12-19)15-29-10-5-8-21(16-29)23(25)30/h4,6-7,9,11-12,17-18,21H,3,5,8,10,13-16H2,1-2H3,(H2,25,30)(H2,26,27,28). The second-order valence-corrected chi connectivity index (χ2v) is 9.11. The molecule has 1 saturated heterocycles. The zero-order valence-electron chi connectivity index (χ0n) is 18.6. The number of thiophene rings is 1. The third-order valence-electron chi connectivity index (χ3n) is 5.76. The fourth-order valence-corrected chi connectivity index (χ4v) is 4.73. The quantitative estimate of drug-likeness (QED) is 0.412. The first-order valence-electron chi connectivity index (χ1n) is 11.2. The molecule has 4 N–H and O–H groups in total. The van der Waals surface area contributed by atoms with E-state index in [1.54, 1.807) is 11.3 Å². The Morgan fingerprint density at radius 1 is 1.32 bits per heavy atom. The highest BCUT2D eigenvalue weighted by molar-refractivity contribution is 7.07. The first-order valence-corrected chi connectivity index (χ1v) is 12.1. The van der Waals surface area contributed by atoms with Gasteiger partial charge in [0.2, 0.25) is 5.91 Å². The molecule has 0 saturated carbocycles. The van der Waals surface area contributed by atoms with Gasteiger partial charge < -0.3 is 16.4 Å². The van der Waals surface area contributed by atoms with Crippen molar-refractivity contribution in [1.82, 2.24) is 15.5 Å². The number of aliphatic imine (C=N–C) groups is 1. The lowest BCUT2D eigenvalue weighted by Gasteiger charge is -2.31. The van der Waals surface area contributed by atoms with Crippen molar-refractivity contribution in [2.24, 2.45) is 16.6 Å². The molecule has 1 aliphatic heterocycles. The maximum Gasteiger partial charge on any atom is 0.221 e. The average molecular weight is 442 g/mol. The summed E-state index contributed by atoms with van der Waals surface area (Å²) in [6, 6.07) is 10.8. The van der Waals surface area contributed by atoms with Crippen molar-refractivity contribution in [3.8, 4) is 0 Å². The van der Waals surface area contributed by atoms with Gasteiger partial charge in [-0.25, -0.2) is 4.99 Å². The summed E-state index contributed by atoms with van der Waals surface area (Å²) in [7, 11) is 0. The molecule has 2 unspecified atom stereocenters. The zero-order valence-corrected chi connectivity index (χ0v) is 19.5. The number of benzene rings is 1. The number of hydrogen-bond donors (Lipinski definition) is 3. The number of hydrogen-bond acceptors (Lipinski definition) is 4. The number of rotatable bonds is 9. The Bertz CT molecular complexity index is 851. The molecule has 0 spiro atoms. The highest BCUT2D eigenvalue weighted by atomic mass is 32.1. The molecule has 2 atom stereocenters. The molecule has 1 fully saturated rings. The van der Waals surface area contributed by atoms with E-state index in [9.17, 15) is 4.79 Å². The predicted molar refractivity (Wildman–Crippen MR) is 129 cm³/mol. The molecule has 1 aromatic carbocycles. The van der Waals surface area contributed by atoms with Gasteiger partial charge in [-0.05, 0) is 65.7 Å². The normalized spacial score (nSPS) is 18.5. The number of piperidine rings is 1. The van der Waals surface area contributed by atoms with Crippen LogP contribution in [0.5, 0.6) is 0 Å². The van der Waals surface area contributed by atoms with Gasteiger partial charge >= 0.3 is 0 Å². The van der Waals surface area contributed by atoms with Gasteiger partial charge in [-0.3, -0.25) is 9.69 Å². The Hall–Kier alpha value is -2.38. The average Bonchev–Trinajstić information content (AvgIpc) is 3.31. The molecule has 0 aliphatic carbocycles. The van der Waals surface area contributed by atoms with Gasteiger partial charge in [-0.1, -0.05) is 31.2 Å². The Kier molecular flexibility index (Phi) is 8.91. The van der Waals surface area contributed by atoms with Crippen molar-refractivity contribution in [1.29, 1.82) is 0 Å². The number of nitrogens with zero attached hydrogens (tertiary/aromatic N) is 2. The Labute approximate surface area is 189 Å². The summed E-state index contributed by atoms with van der Waals surface area (Å²) < 4.78 is 0. The van der Waals surface area contributed by atoms with Crippen LogP contribution in [-0.2, 0) is 17.9 Å². The molecular formula is C24H35N5OS. The van der Waals surface area contributed by atoms with E-state index >= 15 is 0 Å². The van der Waals surface area contributed by atoms with Crippen molar-refractivity contribution < 1.29 is 4.79 Å². The number of amides is 1. The molecular weight excluding hydrogens is 406 g/mol. The summed E-state index contributed by atoms with van der Waals surface area (Å²) in [4.78, 5) is 18.7. The van der Waals surface area contributed by atoms with Gasteiger partial charge in [0.1, 0.15) is 0 Å². The highest BCUT2D eigenvalue weighted by Gasteiger charge is 2.23. The number of likely N-dealkylation sites (tertiary alicyclic amines) is 1. The first-order chi connectivity index (χ1) is 15.0. The monoisotopic (exact) mass is 441 g/mol. The highest BCUT2D eigenvalue weighted by Crippen LogP contribution is 2.19. The Balaban J connectivity index is 1.56. The molecule has 2 heterocycles. The van der Waals surface area contributed by atoms with Crippen LogP contribution in [-0.4, -0.2) is 42.9 Å². The van der Waals surface area contributed by atoms with Gasteiger partial charge in [0.15, 0.2) is 5.96 Å². The van der Waals surface area contributed by atoms with E-state index in [4.69, 9.17) is 10.7 Å². The van der Waals surface area contributed by atoms with E-state index in [0.29, 0.717) is 12.5 Å². The maximum atomic E-state index is 11.5. The largest absolute Gasteiger partial charge is 0.369 e. The minimum absolute atomic E-state index is 0.0215. The Morgan fingerprint density at radius 3 is 2.90 bits per heavy atom. The van der Waals surface area contributed by atoms with Gasteiger partial charge in [0.25, 0.3) is 0 Å². The molecule has 168 valence electrons. The van der Waals surface area contributed by atoms with E-state index in [0.717, 1.165) is 51.5 Å². The number of nitrogens with one attached hydrogen (secondary N) is 2. The summed E-state index contributed by atoms with van der Waals surface area (Å²) in [5.74, 6) is 1.08. The van der Waals surface area contributed by atoms with E-state index < -0.39 is 0 Å². The number of carbonyl (C=O) groups is 1. The number of nitrogens with two attached hydrogens (primary N) is 1. The molecule has 6 nitrogen and oxygen atoms in total. The summed E-state index contributed by atoms with van der Waals surface area (Å²) in [6.07, 6.45) is 1.94. The lowest BCUT2D eigenvalue weighted by atomic mass is 9.97. The molecule has 1 aromatic heterocycles. The van der Waals surface area contributed by atoms with Crippen molar-refractivity contribution >= 4 is 23.2 Å². The van der Waals surface area contributed by atoms with E-state index in [1.807, 2.05) is 0 Å². The van der Waals surface area contributed by atoms with E-state index in [2.05, 4.69) is 70.5 Å². The van der Waals surface area contributed by atoms with Crippen LogP contribution in [0.25, 0.3) is 0 Å². The van der Waals surface area contributed by atoms with Crippen LogP contribution in [0.1, 0.15) is 49.3 Å². The summed E-state index contributed by atoms with van der Waals surface area (Å²) in [5, 5.41) is 11.1. The number of primary amides is 1. The molecule has 2 aromatic rings. The lowest BCUT2D eigenvalue weighted by molar-refractivity contribution is -0.123. The van der Waals surface area contributed by atoms with Gasteiger partial charge in [0, 0.05) is 26.2 Å². The number of carbonyl (C=O) groups excluding carboxylic acids is 1. The molecule has 7 heteroatoms. The summed E-state index contributed by atoms with van der Waals surface area (Å²) in [5.41, 5.74) is 9.31. The maximum absolute atomic E-state index is 11.5. The van der Waals surface area contributed by atoms with Crippen molar-refractivity contribution in [3.05, 3.63) is 57.8 Å². The fraction of sp³-hybridized carbons (Fsp3) is 0.500. The molecule has 1 amide bonds. The zero-order chi connectivity index (χ0) is 22.1. The summed E-state index contributed by atoms with van der Waals surface area (Å²) >= 11 is 1.74. The van der Waals surface area contributed by atoms with Gasteiger partial charge in [0.05, 0.1) is 12.5 Å². The minimum atomic E-state index is -0.176. The van der Waals surface area contributed by atoms with Crippen molar-refractivity contribution in [2.75, 3.05) is 26.2 Å². The fourth-order valence-electron chi connectivity index (χ4n) is 3.95. The SMILES string of the molecule is CCNC(=NCc1cccc(CN2CCCC(C(N)=O)C2)c1)NCC(C)c1ccsc1. The third kappa shape index (κ3) is 7.36. The molecule has 3 rings (SSSR count). The van der Waals surface area contributed by atoms with Crippen LogP contribution < -0.4 is 16.4 Å². The smallest absolute Gasteiger partial charge is 0.221 e. The molecule has 31 heavy (non-hydrogen) atoms. The minimum Gasteiger partial charge on any atom is -0.369 e. The van der Waals surface area contributed by atoms with Gasteiger partial charge in [-0.2, -0.15) is 11.3 Å². The third-order valence-corrected chi connectivity index (χ3v) is 6.46. The van der Waals surface area contributed by atoms with Crippen LogP contribution in [0, 0.1) is 5.92 Å². The van der Waals surface area contributed by atoms with Crippen LogP contribution in [0.3, 0.4) is 0 Å². The second kappa shape index (κ2) is 11.9. The topological polar surface area (TPSA) is 82.8 Å². The van der Waals surface area contributed by atoms with Crippen LogP contribution in [0.4, 0.5) is 0 Å². The molecule has 1 aliphatic rings. The second-order valence-electron chi connectivity index (χ2n) is 8.33. The van der Waals surface area contributed by atoms with Crippen LogP contribution in [0.2, 0.25) is 0 Å².